The van der Waals surface area contributed by atoms with Crippen LogP contribution in [0, 0.1) is 0 Å². The first kappa shape index (κ1) is 34.0. The van der Waals surface area contributed by atoms with Gasteiger partial charge in [0.1, 0.15) is 0 Å². The summed E-state index contributed by atoms with van der Waals surface area (Å²) in [5, 5.41) is 5.53. The first-order valence-electron chi connectivity index (χ1n) is 14.1. The van der Waals surface area contributed by atoms with E-state index in [0.717, 1.165) is 0 Å². The van der Waals surface area contributed by atoms with Gasteiger partial charge in [0.2, 0.25) is 12.7 Å². The predicted molar refractivity (Wildman–Crippen MR) is 146 cm³/mol. The summed E-state index contributed by atoms with van der Waals surface area (Å²) in [5.74, 6) is -0.888. The van der Waals surface area contributed by atoms with Crippen molar-refractivity contribution in [2.45, 2.75) is 62.1 Å². The number of nitrogens with zero attached hydrogens (tertiary/aromatic N) is 1. The van der Waals surface area contributed by atoms with E-state index in [1.807, 2.05) is 0 Å². The molecule has 2 heterocycles. The zero-order valence-corrected chi connectivity index (χ0v) is 24.5. The van der Waals surface area contributed by atoms with Gasteiger partial charge in [0, 0.05) is 13.0 Å². The molecule has 0 bridgehead atoms. The number of ether oxygens (including phenoxy) is 3. The van der Waals surface area contributed by atoms with Crippen LogP contribution < -0.4 is 10.6 Å². The van der Waals surface area contributed by atoms with Crippen LogP contribution in [0.1, 0.15) is 61.0 Å². The largest absolute Gasteiger partial charge is 0.427 e. The number of piperidine rings is 1. The molecule has 0 saturated carbocycles. The zero-order chi connectivity index (χ0) is 33.0. The molecule has 2 aliphatic heterocycles. The molecule has 2 fully saturated rings. The third-order valence-corrected chi connectivity index (χ3v) is 8.14. The number of nitrogens with one attached hydrogen (secondary N) is 2. The highest BCUT2D eigenvalue weighted by atomic mass is 19.4. The van der Waals surface area contributed by atoms with Crippen LogP contribution in [0.2, 0.25) is 0 Å². The monoisotopic (exact) mass is 645 g/mol. The molecule has 0 aromatic heterocycles. The lowest BCUT2D eigenvalue weighted by molar-refractivity contribution is -0.153. The molecule has 0 aliphatic carbocycles. The van der Waals surface area contributed by atoms with Crippen LogP contribution in [-0.4, -0.2) is 61.9 Å². The summed E-state index contributed by atoms with van der Waals surface area (Å²) in [6.07, 6.45) is -11.1. The summed E-state index contributed by atoms with van der Waals surface area (Å²) in [7, 11) is 1.52. The standard InChI is InChI=1S/C30H33F6N3O6/c1-19(20-12-22(29(31,32)33)14-23(13-20)30(34,35)36)43-17-28(21-6-4-3-5-7-21)11-10-27(9-8-24(40)38-27)16-39(28)26(42)45-18-44-25(41)15-37-2/h3-7,12-14,19,37H,8-11,15-18H2,1-2H3,(H,38,40)/t19-,27-,28-/m1/s1. The lowest BCUT2D eigenvalue weighted by atomic mass is 9.74. The van der Waals surface area contributed by atoms with Crippen molar-refractivity contribution in [3.8, 4) is 0 Å². The molecule has 2 aliphatic rings. The van der Waals surface area contributed by atoms with Crippen molar-refractivity contribution in [3.63, 3.8) is 0 Å². The summed E-state index contributed by atoms with van der Waals surface area (Å²) in [4.78, 5) is 39.0. The van der Waals surface area contributed by atoms with Crippen molar-refractivity contribution >= 4 is 18.0 Å². The third kappa shape index (κ3) is 7.87. The van der Waals surface area contributed by atoms with E-state index >= 15 is 0 Å². The number of rotatable bonds is 9. The zero-order valence-electron chi connectivity index (χ0n) is 24.5. The van der Waals surface area contributed by atoms with E-state index in [2.05, 4.69) is 10.6 Å². The molecule has 0 radical (unpaired) electrons. The smallest absolute Gasteiger partial charge is 0.416 e. The number of hydrogen-bond donors (Lipinski definition) is 2. The fourth-order valence-corrected chi connectivity index (χ4v) is 5.71. The van der Waals surface area contributed by atoms with Crippen molar-refractivity contribution < 1.29 is 54.9 Å². The van der Waals surface area contributed by atoms with Crippen LogP contribution in [-0.2, 0) is 41.7 Å². The number of alkyl halides is 6. The van der Waals surface area contributed by atoms with Crippen LogP contribution >= 0.6 is 0 Å². The van der Waals surface area contributed by atoms with Crippen molar-refractivity contribution in [2.75, 3.05) is 33.5 Å². The number of hydrogen-bond acceptors (Lipinski definition) is 7. The van der Waals surface area contributed by atoms with Crippen molar-refractivity contribution in [1.82, 2.24) is 15.5 Å². The fourth-order valence-electron chi connectivity index (χ4n) is 5.71. The lowest BCUT2D eigenvalue weighted by Crippen LogP contribution is -2.65. The molecule has 2 saturated heterocycles. The van der Waals surface area contributed by atoms with Gasteiger partial charge in [-0.1, -0.05) is 30.3 Å². The van der Waals surface area contributed by atoms with Gasteiger partial charge in [-0.05, 0) is 62.6 Å². The summed E-state index contributed by atoms with van der Waals surface area (Å²) >= 11 is 0. The van der Waals surface area contributed by atoms with Gasteiger partial charge in [-0.2, -0.15) is 26.3 Å². The van der Waals surface area contributed by atoms with Crippen LogP contribution in [0.3, 0.4) is 0 Å². The van der Waals surface area contributed by atoms with E-state index in [4.69, 9.17) is 14.2 Å². The molecule has 2 aromatic carbocycles. The number of likely N-dealkylation sites (tertiary alicyclic amines) is 1. The molecule has 2 N–H and O–H groups in total. The number of benzene rings is 2. The van der Waals surface area contributed by atoms with E-state index in [9.17, 15) is 40.7 Å². The minimum absolute atomic E-state index is 0.0410. The highest BCUT2D eigenvalue weighted by molar-refractivity contribution is 5.80. The number of esters is 1. The van der Waals surface area contributed by atoms with Gasteiger partial charge in [-0.3, -0.25) is 14.5 Å². The number of likely N-dealkylation sites (N-methyl/N-ethyl adjacent to an activating group) is 1. The topological polar surface area (TPSA) is 106 Å². The molecule has 9 nitrogen and oxygen atoms in total. The molecule has 2 amide bonds. The predicted octanol–water partition coefficient (Wildman–Crippen LogP) is 5.30. The number of amides is 2. The van der Waals surface area contributed by atoms with Gasteiger partial charge in [0.25, 0.3) is 0 Å². The van der Waals surface area contributed by atoms with Gasteiger partial charge in [-0.15, -0.1) is 0 Å². The van der Waals surface area contributed by atoms with Gasteiger partial charge in [0.05, 0.1) is 41.5 Å². The summed E-state index contributed by atoms with van der Waals surface area (Å²) in [6, 6.07) is 9.79. The molecule has 4 rings (SSSR count). The van der Waals surface area contributed by atoms with Crippen molar-refractivity contribution in [2.24, 2.45) is 0 Å². The maximum absolute atomic E-state index is 13.7. The summed E-state index contributed by atoms with van der Waals surface area (Å²) < 4.78 is 97.5. The Kier molecular flexibility index (Phi) is 10.0. The van der Waals surface area contributed by atoms with Gasteiger partial charge < -0.3 is 24.8 Å². The lowest BCUT2D eigenvalue weighted by Gasteiger charge is -2.52. The Balaban J connectivity index is 1.68. The van der Waals surface area contributed by atoms with Crippen molar-refractivity contribution in [3.05, 3.63) is 70.8 Å². The van der Waals surface area contributed by atoms with Gasteiger partial charge >= 0.3 is 24.4 Å². The fraction of sp³-hybridized carbons (Fsp3) is 0.500. The van der Waals surface area contributed by atoms with Gasteiger partial charge in [-0.25, -0.2) is 4.79 Å². The highest BCUT2D eigenvalue weighted by Gasteiger charge is 2.54. The Morgan fingerprint density at radius 3 is 2.18 bits per heavy atom. The van der Waals surface area contributed by atoms with Crippen LogP contribution in [0.4, 0.5) is 31.1 Å². The van der Waals surface area contributed by atoms with Crippen LogP contribution in [0.25, 0.3) is 0 Å². The second-order valence-electron chi connectivity index (χ2n) is 11.2. The maximum atomic E-state index is 13.7. The molecule has 0 unspecified atom stereocenters. The highest BCUT2D eigenvalue weighted by Crippen LogP contribution is 2.45. The minimum atomic E-state index is -5.04. The summed E-state index contributed by atoms with van der Waals surface area (Å²) in [6.45, 7) is 0.0636. The Bertz CT molecular complexity index is 1360. The van der Waals surface area contributed by atoms with Crippen LogP contribution in [0.15, 0.2) is 48.5 Å². The molecule has 246 valence electrons. The molecule has 45 heavy (non-hydrogen) atoms. The SMILES string of the molecule is CNCC(=O)OCOC(=O)N1C[C@@]2(CCC(=O)N2)CC[C@@]1(CO[C@H](C)c1cc(C(F)(F)F)cc(C(F)(F)F)c1)c1ccccc1. The Morgan fingerprint density at radius 2 is 1.62 bits per heavy atom. The number of carbonyl (C=O) groups is 3. The molecular formula is C30H33F6N3O6. The number of halogens is 6. The van der Waals surface area contributed by atoms with Gasteiger partial charge in [0.15, 0.2) is 0 Å². The van der Waals surface area contributed by atoms with E-state index in [1.165, 1.54) is 18.9 Å². The third-order valence-electron chi connectivity index (χ3n) is 8.14. The second kappa shape index (κ2) is 13.3. The quantitative estimate of drug-likeness (QED) is 0.217. The first-order valence-corrected chi connectivity index (χ1v) is 14.1. The minimum Gasteiger partial charge on any atom is -0.427 e. The molecular weight excluding hydrogens is 612 g/mol. The molecule has 1 spiro atoms. The summed E-state index contributed by atoms with van der Waals surface area (Å²) in [5.41, 5.74) is -4.88. The van der Waals surface area contributed by atoms with E-state index in [-0.39, 0.29) is 50.1 Å². The number of carbonyl (C=O) groups excluding carboxylic acids is 3. The van der Waals surface area contributed by atoms with Crippen molar-refractivity contribution in [1.29, 1.82) is 0 Å². The average Bonchev–Trinajstić information content (AvgIpc) is 3.35. The Morgan fingerprint density at radius 1 is 0.978 bits per heavy atom. The Labute approximate surface area is 255 Å². The Hall–Kier alpha value is -3.85. The normalized spacial score (nSPS) is 22.7. The van der Waals surface area contributed by atoms with E-state index < -0.39 is 59.5 Å². The molecule has 15 heteroatoms. The second-order valence-corrected chi connectivity index (χ2v) is 11.2. The maximum Gasteiger partial charge on any atom is 0.416 e. The first-order chi connectivity index (χ1) is 21.1. The molecule has 2 aromatic rings. The van der Waals surface area contributed by atoms with E-state index in [0.29, 0.717) is 30.5 Å². The van der Waals surface area contributed by atoms with E-state index in [1.54, 1.807) is 30.3 Å². The van der Waals surface area contributed by atoms with Crippen LogP contribution in [0.5, 0.6) is 0 Å². The average molecular weight is 646 g/mol. The molecule has 3 atom stereocenters.